The molecule has 86 valence electrons. The van der Waals surface area contributed by atoms with Crippen LogP contribution in [0.25, 0.3) is 6.08 Å². The summed E-state index contributed by atoms with van der Waals surface area (Å²) in [7, 11) is 0. The Labute approximate surface area is 100 Å². The van der Waals surface area contributed by atoms with Crippen molar-refractivity contribution in [3.05, 3.63) is 60.7 Å². The van der Waals surface area contributed by atoms with Gasteiger partial charge in [-0.15, -0.1) is 0 Å². The second-order valence-electron chi connectivity index (χ2n) is 3.62. The molecule has 0 amide bonds. The van der Waals surface area contributed by atoms with Crippen molar-refractivity contribution in [2.45, 2.75) is 0 Å². The van der Waals surface area contributed by atoms with Gasteiger partial charge < -0.3 is 16.0 Å². The largest absolute Gasteiger partial charge is 0.508 e. The fourth-order valence-electron chi connectivity index (χ4n) is 1.39. The molecule has 0 unspecified atom stereocenters. The molecule has 0 spiro atoms. The van der Waals surface area contributed by atoms with Gasteiger partial charge in [0.1, 0.15) is 5.75 Å². The highest BCUT2D eigenvalue weighted by Gasteiger charge is 1.93. The smallest absolute Gasteiger partial charge is 0.115 e. The summed E-state index contributed by atoms with van der Waals surface area (Å²) in [5, 5.41) is 9.14. The van der Waals surface area contributed by atoms with Gasteiger partial charge in [-0.3, -0.25) is 0 Å². The SMILES string of the molecule is C=Cc1ccc(NNc2ccc(O)cc2)cc1. The number of rotatable bonds is 4. The van der Waals surface area contributed by atoms with Gasteiger partial charge in [-0.2, -0.15) is 0 Å². The predicted octanol–water partition coefficient (Wildman–Crippen LogP) is 3.47. The highest BCUT2D eigenvalue weighted by atomic mass is 16.3. The summed E-state index contributed by atoms with van der Waals surface area (Å²) >= 11 is 0. The lowest BCUT2D eigenvalue weighted by atomic mass is 10.2. The third-order valence-corrected chi connectivity index (χ3v) is 2.36. The van der Waals surface area contributed by atoms with Gasteiger partial charge in [-0.25, -0.2) is 0 Å². The van der Waals surface area contributed by atoms with E-state index in [0.29, 0.717) is 0 Å². The summed E-state index contributed by atoms with van der Waals surface area (Å²) in [4.78, 5) is 0. The lowest BCUT2D eigenvalue weighted by Gasteiger charge is -2.09. The van der Waals surface area contributed by atoms with Crippen LogP contribution in [0.3, 0.4) is 0 Å². The van der Waals surface area contributed by atoms with Crippen molar-refractivity contribution in [3.8, 4) is 5.75 Å². The minimum atomic E-state index is 0.255. The Morgan fingerprint density at radius 3 is 1.76 bits per heavy atom. The Bertz CT molecular complexity index is 489. The van der Waals surface area contributed by atoms with Gasteiger partial charge >= 0.3 is 0 Å². The maximum atomic E-state index is 9.14. The summed E-state index contributed by atoms with van der Waals surface area (Å²) in [6, 6.07) is 14.7. The molecule has 3 nitrogen and oxygen atoms in total. The average Bonchev–Trinajstić information content (AvgIpc) is 2.39. The molecule has 0 bridgehead atoms. The fraction of sp³-hybridized carbons (Fsp3) is 0. The normalized spacial score (nSPS) is 9.65. The lowest BCUT2D eigenvalue weighted by molar-refractivity contribution is 0.475. The lowest BCUT2D eigenvalue weighted by Crippen LogP contribution is -2.07. The Morgan fingerprint density at radius 2 is 1.29 bits per heavy atom. The maximum Gasteiger partial charge on any atom is 0.115 e. The van der Waals surface area contributed by atoms with E-state index in [1.165, 1.54) is 0 Å². The van der Waals surface area contributed by atoms with Crippen molar-refractivity contribution in [3.63, 3.8) is 0 Å². The van der Waals surface area contributed by atoms with Gasteiger partial charge in [0.05, 0.1) is 11.4 Å². The molecule has 2 rings (SSSR count). The molecule has 0 heterocycles. The standard InChI is InChI=1S/C14H14N2O/c1-2-11-3-5-12(6-4-11)15-16-13-7-9-14(17)10-8-13/h2-10,15-17H,1H2. The molecule has 0 aliphatic carbocycles. The molecule has 0 atom stereocenters. The third-order valence-electron chi connectivity index (χ3n) is 2.36. The van der Waals surface area contributed by atoms with Gasteiger partial charge in [0, 0.05) is 0 Å². The van der Waals surface area contributed by atoms with Crippen molar-refractivity contribution >= 4 is 17.5 Å². The van der Waals surface area contributed by atoms with Crippen LogP contribution in [0.15, 0.2) is 55.1 Å². The van der Waals surface area contributed by atoms with Gasteiger partial charge in [0.25, 0.3) is 0 Å². The topological polar surface area (TPSA) is 44.3 Å². The minimum Gasteiger partial charge on any atom is -0.508 e. The number of phenolic OH excluding ortho intramolecular Hbond substituents is 1. The van der Waals surface area contributed by atoms with Crippen LogP contribution in [0.4, 0.5) is 11.4 Å². The number of hydrazine groups is 1. The van der Waals surface area contributed by atoms with E-state index in [-0.39, 0.29) is 5.75 Å². The number of benzene rings is 2. The molecule has 0 saturated carbocycles. The number of aromatic hydroxyl groups is 1. The Kier molecular flexibility index (Phi) is 3.31. The van der Waals surface area contributed by atoms with Gasteiger partial charge in [-0.1, -0.05) is 24.8 Å². The molecule has 2 aromatic carbocycles. The van der Waals surface area contributed by atoms with Crippen LogP contribution >= 0.6 is 0 Å². The summed E-state index contributed by atoms with van der Waals surface area (Å²) in [6.45, 7) is 3.70. The average molecular weight is 226 g/mol. The first-order valence-corrected chi connectivity index (χ1v) is 5.31. The summed E-state index contributed by atoms with van der Waals surface area (Å²) < 4.78 is 0. The summed E-state index contributed by atoms with van der Waals surface area (Å²) in [5.74, 6) is 0.255. The van der Waals surface area contributed by atoms with Crippen LogP contribution in [0.2, 0.25) is 0 Å². The third kappa shape index (κ3) is 3.01. The van der Waals surface area contributed by atoms with E-state index in [9.17, 15) is 0 Å². The summed E-state index contributed by atoms with van der Waals surface area (Å²) in [6.07, 6.45) is 1.80. The first kappa shape index (κ1) is 11.1. The van der Waals surface area contributed by atoms with Crippen LogP contribution in [-0.4, -0.2) is 5.11 Å². The molecule has 17 heavy (non-hydrogen) atoms. The zero-order valence-electron chi connectivity index (χ0n) is 9.35. The Morgan fingerprint density at radius 1 is 0.824 bits per heavy atom. The van der Waals surface area contributed by atoms with Crippen LogP contribution in [0, 0.1) is 0 Å². The minimum absolute atomic E-state index is 0.255. The molecule has 0 aliphatic heterocycles. The molecule has 0 saturated heterocycles. The zero-order valence-corrected chi connectivity index (χ0v) is 9.35. The molecular weight excluding hydrogens is 212 g/mol. The molecule has 0 fully saturated rings. The number of hydrogen-bond donors (Lipinski definition) is 3. The van der Waals surface area contributed by atoms with Gasteiger partial charge in [0.15, 0.2) is 0 Å². The molecule has 0 aliphatic rings. The van der Waals surface area contributed by atoms with Crippen molar-refractivity contribution in [1.82, 2.24) is 0 Å². The monoisotopic (exact) mass is 226 g/mol. The highest BCUT2D eigenvalue weighted by Crippen LogP contribution is 2.15. The van der Waals surface area contributed by atoms with Crippen molar-refractivity contribution in [2.75, 3.05) is 10.9 Å². The van der Waals surface area contributed by atoms with E-state index in [4.69, 9.17) is 5.11 Å². The Balaban J connectivity index is 1.97. The number of nitrogens with one attached hydrogen (secondary N) is 2. The van der Waals surface area contributed by atoms with E-state index >= 15 is 0 Å². The van der Waals surface area contributed by atoms with Crippen LogP contribution in [0.5, 0.6) is 5.75 Å². The highest BCUT2D eigenvalue weighted by molar-refractivity contribution is 5.57. The first-order valence-electron chi connectivity index (χ1n) is 5.31. The van der Waals surface area contributed by atoms with E-state index in [1.807, 2.05) is 24.3 Å². The predicted molar refractivity (Wildman–Crippen MR) is 71.9 cm³/mol. The first-order chi connectivity index (χ1) is 8.28. The number of anilines is 2. The second-order valence-corrected chi connectivity index (χ2v) is 3.62. The summed E-state index contributed by atoms with van der Waals surface area (Å²) in [5.41, 5.74) is 9.03. The molecule has 2 aromatic rings. The van der Waals surface area contributed by atoms with Crippen molar-refractivity contribution < 1.29 is 5.11 Å². The molecule has 3 heteroatoms. The van der Waals surface area contributed by atoms with E-state index in [0.717, 1.165) is 16.9 Å². The van der Waals surface area contributed by atoms with Gasteiger partial charge in [0.2, 0.25) is 0 Å². The van der Waals surface area contributed by atoms with Crippen LogP contribution in [0.1, 0.15) is 5.56 Å². The molecule has 0 radical (unpaired) electrons. The molecule has 0 aromatic heterocycles. The zero-order chi connectivity index (χ0) is 12.1. The van der Waals surface area contributed by atoms with E-state index < -0.39 is 0 Å². The van der Waals surface area contributed by atoms with E-state index in [1.54, 1.807) is 30.3 Å². The van der Waals surface area contributed by atoms with Crippen molar-refractivity contribution in [2.24, 2.45) is 0 Å². The number of hydrogen-bond acceptors (Lipinski definition) is 3. The quantitative estimate of drug-likeness (QED) is 0.552. The number of phenols is 1. The maximum absolute atomic E-state index is 9.14. The molecule has 3 N–H and O–H groups in total. The molecular formula is C14H14N2O. The second kappa shape index (κ2) is 5.07. The fourth-order valence-corrected chi connectivity index (χ4v) is 1.39. The van der Waals surface area contributed by atoms with E-state index in [2.05, 4.69) is 17.4 Å². The van der Waals surface area contributed by atoms with Crippen LogP contribution in [-0.2, 0) is 0 Å². The van der Waals surface area contributed by atoms with Gasteiger partial charge in [-0.05, 0) is 42.0 Å². The van der Waals surface area contributed by atoms with Crippen molar-refractivity contribution in [1.29, 1.82) is 0 Å². The Hall–Kier alpha value is -2.42. The van der Waals surface area contributed by atoms with Crippen LogP contribution < -0.4 is 10.9 Å².